The van der Waals surface area contributed by atoms with Crippen LogP contribution in [-0.2, 0) is 6.54 Å². The van der Waals surface area contributed by atoms with Crippen LogP contribution in [0.4, 0.5) is 14.5 Å². The lowest BCUT2D eigenvalue weighted by atomic mass is 10.2. The van der Waals surface area contributed by atoms with Crippen molar-refractivity contribution in [2.24, 2.45) is 0 Å². The van der Waals surface area contributed by atoms with Gasteiger partial charge in [-0.1, -0.05) is 15.9 Å². The van der Waals surface area contributed by atoms with Gasteiger partial charge in [0.1, 0.15) is 17.4 Å². The van der Waals surface area contributed by atoms with E-state index < -0.39 is 11.6 Å². The third-order valence-corrected chi connectivity index (χ3v) is 4.42. The molecule has 0 atom stereocenters. The summed E-state index contributed by atoms with van der Waals surface area (Å²) in [4.78, 5) is 0. The van der Waals surface area contributed by atoms with E-state index in [1.165, 1.54) is 6.07 Å². The predicted molar refractivity (Wildman–Crippen MR) is 89.8 cm³/mol. The Kier molecular flexibility index (Phi) is 5.62. The van der Waals surface area contributed by atoms with Crippen LogP contribution in [0, 0.1) is 11.6 Å². The Balaban J connectivity index is 2.26. The van der Waals surface area contributed by atoms with Gasteiger partial charge in [-0.15, -0.1) is 0 Å². The molecule has 0 saturated heterocycles. The minimum Gasteiger partial charge on any atom is -0.495 e. The molecule has 0 aliphatic rings. The summed E-state index contributed by atoms with van der Waals surface area (Å²) >= 11 is 9.84. The summed E-state index contributed by atoms with van der Waals surface area (Å²) in [6.07, 6.45) is 0. The monoisotopic (exact) mass is 483 g/mol. The number of halogens is 5. The molecule has 21 heavy (non-hydrogen) atoms. The zero-order chi connectivity index (χ0) is 15.6. The molecule has 2 nitrogen and oxygen atoms in total. The van der Waals surface area contributed by atoms with Crippen molar-refractivity contribution in [3.63, 3.8) is 0 Å². The number of ether oxygens (including phenoxy) is 1. The van der Waals surface area contributed by atoms with E-state index in [-0.39, 0.29) is 10.2 Å². The number of benzene rings is 2. The van der Waals surface area contributed by atoms with Crippen LogP contribution in [0.1, 0.15) is 5.56 Å². The first-order chi connectivity index (χ1) is 9.92. The molecule has 0 amide bonds. The van der Waals surface area contributed by atoms with Crippen molar-refractivity contribution in [3.8, 4) is 5.75 Å². The molecule has 1 N–H and O–H groups in total. The molecule has 0 spiro atoms. The topological polar surface area (TPSA) is 21.3 Å². The van der Waals surface area contributed by atoms with E-state index in [9.17, 15) is 8.78 Å². The van der Waals surface area contributed by atoms with Crippen LogP contribution in [0.15, 0.2) is 37.7 Å². The molecule has 0 bridgehead atoms. The molecular formula is C14H10Br3F2NO. The van der Waals surface area contributed by atoms with Crippen LogP contribution < -0.4 is 10.1 Å². The molecular weight excluding hydrogens is 476 g/mol. The highest BCUT2D eigenvalue weighted by Crippen LogP contribution is 2.33. The van der Waals surface area contributed by atoms with Crippen LogP contribution >= 0.6 is 47.8 Å². The first kappa shape index (κ1) is 16.7. The van der Waals surface area contributed by atoms with Crippen LogP contribution in [0.25, 0.3) is 0 Å². The van der Waals surface area contributed by atoms with Crippen LogP contribution in [0.5, 0.6) is 5.75 Å². The highest BCUT2D eigenvalue weighted by atomic mass is 79.9. The summed E-state index contributed by atoms with van der Waals surface area (Å²) in [5.74, 6) is -0.628. The fourth-order valence-electron chi connectivity index (χ4n) is 1.82. The number of hydrogen-bond donors (Lipinski definition) is 1. The van der Waals surface area contributed by atoms with Gasteiger partial charge in [0.05, 0.1) is 21.7 Å². The molecule has 0 unspecified atom stereocenters. The van der Waals surface area contributed by atoms with Gasteiger partial charge < -0.3 is 10.1 Å². The second-order valence-corrected chi connectivity index (χ2v) is 6.80. The van der Waals surface area contributed by atoms with Crippen LogP contribution in [0.3, 0.4) is 0 Å². The minimum absolute atomic E-state index is 0.203. The van der Waals surface area contributed by atoms with Crippen molar-refractivity contribution >= 4 is 53.5 Å². The van der Waals surface area contributed by atoms with Gasteiger partial charge in [-0.3, -0.25) is 0 Å². The Morgan fingerprint density at radius 2 is 1.71 bits per heavy atom. The Morgan fingerprint density at radius 1 is 1.00 bits per heavy atom. The maximum Gasteiger partial charge on any atom is 0.149 e. The highest BCUT2D eigenvalue weighted by Gasteiger charge is 2.12. The van der Waals surface area contributed by atoms with E-state index in [1.807, 2.05) is 12.1 Å². The normalized spacial score (nSPS) is 10.6. The number of hydrogen-bond acceptors (Lipinski definition) is 2. The van der Waals surface area contributed by atoms with E-state index in [4.69, 9.17) is 4.74 Å². The molecule has 2 aromatic rings. The van der Waals surface area contributed by atoms with E-state index in [2.05, 4.69) is 53.1 Å². The maximum absolute atomic E-state index is 13.7. The standard InChI is InChI=1S/C14H10Br3F2NO/c1-21-14-7(2-8(15)3-10(14)17)6-20-13-4-9(16)11(18)5-12(13)19/h2-5,20H,6H2,1H3. The average molecular weight is 486 g/mol. The third-order valence-electron chi connectivity index (χ3n) is 2.77. The van der Waals surface area contributed by atoms with Gasteiger partial charge in [0.25, 0.3) is 0 Å². The van der Waals surface area contributed by atoms with Crippen molar-refractivity contribution in [1.29, 1.82) is 0 Å². The summed E-state index contributed by atoms with van der Waals surface area (Å²) < 4.78 is 34.1. The van der Waals surface area contributed by atoms with Crippen molar-refractivity contribution in [2.45, 2.75) is 6.54 Å². The first-order valence-corrected chi connectivity index (χ1v) is 8.20. The Hall–Kier alpha value is -0.660. The molecule has 7 heteroatoms. The van der Waals surface area contributed by atoms with Gasteiger partial charge in [0.15, 0.2) is 0 Å². The van der Waals surface area contributed by atoms with Crippen LogP contribution in [-0.4, -0.2) is 7.11 Å². The SMILES string of the molecule is COc1c(Br)cc(Br)cc1CNc1cc(Br)c(F)cc1F. The van der Waals surface area contributed by atoms with Gasteiger partial charge in [-0.05, 0) is 50.1 Å². The second-order valence-electron chi connectivity index (χ2n) is 4.18. The van der Waals surface area contributed by atoms with Crippen LogP contribution in [0.2, 0.25) is 0 Å². The third kappa shape index (κ3) is 3.96. The smallest absolute Gasteiger partial charge is 0.149 e. The lowest BCUT2D eigenvalue weighted by Gasteiger charge is -2.13. The summed E-state index contributed by atoms with van der Waals surface area (Å²) in [7, 11) is 1.56. The Morgan fingerprint density at radius 3 is 2.38 bits per heavy atom. The number of methoxy groups -OCH3 is 1. The molecule has 0 fully saturated rings. The van der Waals surface area contributed by atoms with Gasteiger partial charge in [0, 0.05) is 22.6 Å². The van der Waals surface area contributed by atoms with Gasteiger partial charge in [-0.25, -0.2) is 8.78 Å². The first-order valence-electron chi connectivity index (χ1n) is 5.82. The molecule has 0 saturated carbocycles. The van der Waals surface area contributed by atoms with Crippen molar-refractivity contribution < 1.29 is 13.5 Å². The number of anilines is 1. The van der Waals surface area contributed by atoms with Gasteiger partial charge >= 0.3 is 0 Å². The Bertz CT molecular complexity index is 680. The minimum atomic E-state index is -0.649. The molecule has 2 rings (SSSR count). The summed E-state index contributed by atoms with van der Waals surface area (Å²) in [6, 6.07) is 5.93. The summed E-state index contributed by atoms with van der Waals surface area (Å²) in [6.45, 7) is 0.330. The van der Waals surface area contributed by atoms with Crippen molar-refractivity contribution in [1.82, 2.24) is 0 Å². The van der Waals surface area contributed by atoms with E-state index >= 15 is 0 Å². The van der Waals surface area contributed by atoms with Crippen molar-refractivity contribution in [3.05, 3.63) is 54.9 Å². The lowest BCUT2D eigenvalue weighted by molar-refractivity contribution is 0.407. The van der Waals surface area contributed by atoms with Gasteiger partial charge in [0.2, 0.25) is 0 Å². The number of nitrogens with one attached hydrogen (secondary N) is 1. The van der Waals surface area contributed by atoms with E-state index in [0.717, 1.165) is 20.6 Å². The zero-order valence-corrected chi connectivity index (χ0v) is 15.6. The highest BCUT2D eigenvalue weighted by molar-refractivity contribution is 9.11. The largest absolute Gasteiger partial charge is 0.495 e. The predicted octanol–water partition coefficient (Wildman–Crippen LogP) is 5.87. The average Bonchev–Trinajstić information content (AvgIpc) is 2.41. The zero-order valence-electron chi connectivity index (χ0n) is 10.8. The van der Waals surface area contributed by atoms with E-state index in [1.54, 1.807) is 7.11 Å². The molecule has 2 aromatic carbocycles. The lowest BCUT2D eigenvalue weighted by Crippen LogP contribution is -2.04. The van der Waals surface area contributed by atoms with E-state index in [0.29, 0.717) is 12.3 Å². The van der Waals surface area contributed by atoms with Gasteiger partial charge in [-0.2, -0.15) is 0 Å². The molecule has 0 aromatic heterocycles. The molecule has 0 heterocycles. The fraction of sp³-hybridized carbons (Fsp3) is 0.143. The Labute approximate surface area is 146 Å². The summed E-state index contributed by atoms with van der Waals surface area (Å²) in [5.41, 5.74) is 1.04. The quantitative estimate of drug-likeness (QED) is 0.547. The second kappa shape index (κ2) is 7.07. The molecule has 0 aliphatic carbocycles. The fourth-order valence-corrected chi connectivity index (χ4v) is 3.64. The molecule has 0 radical (unpaired) electrons. The molecule has 0 aliphatic heterocycles. The maximum atomic E-state index is 13.7. The van der Waals surface area contributed by atoms with Crippen molar-refractivity contribution in [2.75, 3.05) is 12.4 Å². The summed E-state index contributed by atoms with van der Waals surface area (Å²) in [5, 5.41) is 2.93. The number of rotatable bonds is 4. The molecule has 112 valence electrons.